The van der Waals surface area contributed by atoms with E-state index >= 15 is 0 Å². The van der Waals surface area contributed by atoms with Gasteiger partial charge in [-0.3, -0.25) is 9.88 Å². The predicted octanol–water partition coefficient (Wildman–Crippen LogP) is 4.44. The van der Waals surface area contributed by atoms with E-state index in [9.17, 15) is 8.78 Å². The van der Waals surface area contributed by atoms with Gasteiger partial charge >= 0.3 is 0 Å². The minimum atomic E-state index is -0.504. The fraction of sp³-hybridized carbons (Fsp3) is 0.429. The van der Waals surface area contributed by atoms with Gasteiger partial charge in [0.2, 0.25) is 0 Å². The second kappa shape index (κ2) is 9.54. The third-order valence-electron chi connectivity index (χ3n) is 7.61. The van der Waals surface area contributed by atoms with Gasteiger partial charge in [0.25, 0.3) is 0 Å². The van der Waals surface area contributed by atoms with Crippen LogP contribution in [0.1, 0.15) is 49.2 Å². The molecule has 2 aliphatic rings. The van der Waals surface area contributed by atoms with Gasteiger partial charge in [-0.25, -0.2) is 23.7 Å². The van der Waals surface area contributed by atoms with Gasteiger partial charge in [0.15, 0.2) is 5.82 Å². The number of rotatable bonds is 6. The highest BCUT2D eigenvalue weighted by Gasteiger charge is 2.35. The smallest absolute Gasteiger partial charge is 0.151 e. The first-order chi connectivity index (χ1) is 17.9. The van der Waals surface area contributed by atoms with Crippen LogP contribution in [0, 0.1) is 24.5 Å². The lowest BCUT2D eigenvalue weighted by Crippen LogP contribution is -2.30. The molecule has 0 bridgehead atoms. The van der Waals surface area contributed by atoms with Crippen LogP contribution in [0.5, 0.6) is 0 Å². The van der Waals surface area contributed by atoms with Crippen LogP contribution in [0.15, 0.2) is 36.8 Å². The monoisotopic (exact) mass is 503 g/mol. The molecule has 2 saturated heterocycles. The van der Waals surface area contributed by atoms with Crippen molar-refractivity contribution in [1.82, 2.24) is 34.7 Å². The summed E-state index contributed by atoms with van der Waals surface area (Å²) < 4.78 is 31.8. The highest BCUT2D eigenvalue weighted by atomic mass is 19.1. The Labute approximate surface area is 215 Å². The molecular formula is C28H31F2N7. The van der Waals surface area contributed by atoms with Gasteiger partial charge in [0.1, 0.15) is 23.0 Å². The Balaban J connectivity index is 1.22. The summed E-state index contributed by atoms with van der Waals surface area (Å²) in [5, 5.41) is 3.58. The zero-order valence-electron chi connectivity index (χ0n) is 21.4. The number of halogens is 2. The number of nitrogens with zero attached hydrogens (tertiary/aromatic N) is 6. The van der Waals surface area contributed by atoms with Gasteiger partial charge < -0.3 is 9.88 Å². The first kappa shape index (κ1) is 24.1. The highest BCUT2D eigenvalue weighted by Crippen LogP contribution is 2.31. The average molecular weight is 504 g/mol. The molecule has 6 rings (SSSR count). The number of aryl methyl sites for hydroxylation is 1. The number of hydrogen-bond donors (Lipinski definition) is 1. The zero-order chi connectivity index (χ0) is 25.7. The number of benzene rings is 1. The van der Waals surface area contributed by atoms with Crippen molar-refractivity contribution in [1.29, 1.82) is 0 Å². The largest absolute Gasteiger partial charge is 0.326 e. The van der Waals surface area contributed by atoms with Gasteiger partial charge in [0.05, 0.1) is 18.1 Å². The van der Waals surface area contributed by atoms with E-state index in [-0.39, 0.29) is 6.04 Å². The molecule has 5 heterocycles. The van der Waals surface area contributed by atoms with E-state index in [1.165, 1.54) is 18.7 Å². The van der Waals surface area contributed by atoms with Crippen LogP contribution in [-0.4, -0.2) is 55.1 Å². The number of fused-ring (bicyclic) bond motifs is 2. The number of hydrogen-bond acceptors (Lipinski definition) is 6. The first-order valence-corrected chi connectivity index (χ1v) is 12.9. The van der Waals surface area contributed by atoms with Crippen molar-refractivity contribution in [3.63, 3.8) is 0 Å². The van der Waals surface area contributed by atoms with Gasteiger partial charge in [-0.2, -0.15) is 0 Å². The quantitative estimate of drug-likeness (QED) is 0.420. The van der Waals surface area contributed by atoms with Gasteiger partial charge in [0, 0.05) is 60.9 Å². The molecule has 2 unspecified atom stereocenters. The number of pyridine rings is 1. The zero-order valence-corrected chi connectivity index (χ0v) is 21.4. The Morgan fingerprint density at radius 3 is 2.59 bits per heavy atom. The lowest BCUT2D eigenvalue weighted by Gasteiger charge is -2.16. The predicted molar refractivity (Wildman–Crippen MR) is 138 cm³/mol. The molecule has 1 N–H and O–H groups in total. The van der Waals surface area contributed by atoms with Crippen LogP contribution in [-0.2, 0) is 13.0 Å². The van der Waals surface area contributed by atoms with Crippen LogP contribution in [0.4, 0.5) is 8.78 Å². The topological polar surface area (TPSA) is 71.8 Å². The third kappa shape index (κ3) is 4.62. The molecule has 9 heteroatoms. The molecule has 0 saturated carbocycles. The highest BCUT2D eigenvalue weighted by molar-refractivity contribution is 5.83. The number of nitrogens with one attached hydrogen (secondary N) is 1. The maximum absolute atomic E-state index is 15.0. The standard InChI is InChI=1S/C28H31F2N7/c1-16(2)37-17(3)35-28-23(29)6-20(7-26(28)37)22-8-21(32-12-24(22)30)9-27-33-10-18(11-34-27)13-36-14-19-4-5-31-25(19)15-36/h6-8,10-12,16,19,25,31H,4-5,9,13-15H2,1-3H3. The molecule has 7 nitrogen and oxygen atoms in total. The molecule has 0 spiro atoms. The summed E-state index contributed by atoms with van der Waals surface area (Å²) in [4.78, 5) is 20.2. The minimum Gasteiger partial charge on any atom is -0.326 e. The summed E-state index contributed by atoms with van der Waals surface area (Å²) in [6.45, 7) is 10.0. The molecule has 0 amide bonds. The number of likely N-dealkylation sites (tertiary alicyclic amines) is 1. The molecule has 2 fully saturated rings. The first-order valence-electron chi connectivity index (χ1n) is 12.9. The van der Waals surface area contributed by atoms with Crippen LogP contribution in [0.3, 0.4) is 0 Å². The van der Waals surface area contributed by atoms with Crippen LogP contribution >= 0.6 is 0 Å². The molecule has 2 aliphatic heterocycles. The Hall–Kier alpha value is -3.30. The Morgan fingerprint density at radius 1 is 1.03 bits per heavy atom. The summed E-state index contributed by atoms with van der Waals surface area (Å²) in [7, 11) is 0. The average Bonchev–Trinajstić information content (AvgIpc) is 3.54. The van der Waals surface area contributed by atoms with Gasteiger partial charge in [-0.05, 0) is 63.4 Å². The second-order valence-corrected chi connectivity index (χ2v) is 10.6. The summed E-state index contributed by atoms with van der Waals surface area (Å²) in [5.41, 5.74) is 3.40. The lowest BCUT2D eigenvalue weighted by molar-refractivity contribution is 0.306. The van der Waals surface area contributed by atoms with Crippen molar-refractivity contribution < 1.29 is 8.78 Å². The molecule has 3 aromatic heterocycles. The van der Waals surface area contributed by atoms with E-state index in [1.807, 2.05) is 37.7 Å². The van der Waals surface area contributed by atoms with Crippen molar-refractivity contribution in [3.8, 4) is 11.1 Å². The van der Waals surface area contributed by atoms with Gasteiger partial charge in [-0.15, -0.1) is 0 Å². The van der Waals surface area contributed by atoms with Gasteiger partial charge in [-0.1, -0.05) is 0 Å². The molecule has 2 atom stereocenters. The normalized spacial score (nSPS) is 19.8. The second-order valence-electron chi connectivity index (χ2n) is 10.6. The Kier molecular flexibility index (Phi) is 6.20. The SMILES string of the molecule is Cc1nc2c(F)cc(-c3cc(Cc4ncc(CN5CC6CCNC6C5)cn4)ncc3F)cc2n1C(C)C. The molecule has 0 aliphatic carbocycles. The summed E-state index contributed by atoms with van der Waals surface area (Å²) in [5.74, 6) is 1.12. The Morgan fingerprint density at radius 2 is 1.84 bits per heavy atom. The fourth-order valence-electron chi connectivity index (χ4n) is 5.92. The van der Waals surface area contributed by atoms with E-state index in [2.05, 4.69) is 30.2 Å². The molecule has 0 radical (unpaired) electrons. The minimum absolute atomic E-state index is 0.0967. The molecular weight excluding hydrogens is 472 g/mol. The van der Waals surface area contributed by atoms with Crippen molar-refractivity contribution in [2.24, 2.45) is 5.92 Å². The Bertz CT molecular complexity index is 1440. The summed E-state index contributed by atoms with van der Waals surface area (Å²) in [6, 6.07) is 5.51. The molecule has 1 aromatic carbocycles. The van der Waals surface area contributed by atoms with E-state index in [0.29, 0.717) is 46.1 Å². The van der Waals surface area contributed by atoms with Crippen molar-refractivity contribution in [2.45, 2.75) is 52.2 Å². The molecule has 37 heavy (non-hydrogen) atoms. The van der Waals surface area contributed by atoms with Crippen LogP contribution in [0.2, 0.25) is 0 Å². The van der Waals surface area contributed by atoms with E-state index in [1.54, 1.807) is 12.1 Å². The van der Waals surface area contributed by atoms with Crippen LogP contribution < -0.4 is 5.32 Å². The van der Waals surface area contributed by atoms with E-state index < -0.39 is 11.6 Å². The van der Waals surface area contributed by atoms with Crippen molar-refractivity contribution >= 4 is 11.0 Å². The van der Waals surface area contributed by atoms with Crippen molar-refractivity contribution in [3.05, 3.63) is 71.3 Å². The maximum Gasteiger partial charge on any atom is 0.151 e. The summed E-state index contributed by atoms with van der Waals surface area (Å²) in [6.07, 6.45) is 6.54. The number of imidazole rings is 1. The van der Waals surface area contributed by atoms with Crippen molar-refractivity contribution in [2.75, 3.05) is 19.6 Å². The molecule has 4 aromatic rings. The van der Waals surface area contributed by atoms with E-state index in [0.717, 1.165) is 43.5 Å². The lowest BCUT2D eigenvalue weighted by atomic mass is 10.0. The van der Waals surface area contributed by atoms with E-state index in [4.69, 9.17) is 0 Å². The third-order valence-corrected chi connectivity index (χ3v) is 7.61. The molecule has 192 valence electrons. The maximum atomic E-state index is 15.0. The summed E-state index contributed by atoms with van der Waals surface area (Å²) >= 11 is 0. The van der Waals surface area contributed by atoms with Crippen LogP contribution in [0.25, 0.3) is 22.2 Å². The fourth-order valence-corrected chi connectivity index (χ4v) is 5.92. The number of aromatic nitrogens is 5.